The number of halogens is 1. The number of rotatable bonds is 5. The summed E-state index contributed by atoms with van der Waals surface area (Å²) >= 11 is 6.22. The van der Waals surface area contributed by atoms with Gasteiger partial charge in [0.2, 0.25) is 5.88 Å². The topological polar surface area (TPSA) is 54.2 Å². The highest BCUT2D eigenvalue weighted by Gasteiger charge is 2.22. The number of furan rings is 1. The van der Waals surface area contributed by atoms with Gasteiger partial charge in [0.15, 0.2) is 0 Å². The molecule has 0 saturated carbocycles. The lowest BCUT2D eigenvalue weighted by Gasteiger charge is -2.09. The predicted octanol–water partition coefficient (Wildman–Crippen LogP) is 8.30. The molecule has 2 heterocycles. The van der Waals surface area contributed by atoms with E-state index in [4.69, 9.17) is 16.0 Å². The third-order valence-corrected chi connectivity index (χ3v) is 6.19. The van der Waals surface area contributed by atoms with E-state index >= 15 is 0 Å². The molecule has 3 aromatic carbocycles. The molecular weight excluding hydrogens is 454 g/mol. The van der Waals surface area contributed by atoms with Crippen molar-refractivity contribution in [1.29, 1.82) is 5.26 Å². The molecule has 0 saturated heterocycles. The summed E-state index contributed by atoms with van der Waals surface area (Å²) < 4.78 is 8.36. The standard InChI is InChI=1S/C30H22ClN3O/c1-20-16-24(21(2)34(20)26-15-9-14-25(31)17-26)19-33-30-27(18-32)28(22-10-5-3-6-11-22)29(35-30)23-12-7-4-8-13-23/h3-17,19H,1-2H3. The van der Waals surface area contributed by atoms with Crippen LogP contribution < -0.4 is 0 Å². The van der Waals surface area contributed by atoms with Gasteiger partial charge < -0.3 is 8.98 Å². The van der Waals surface area contributed by atoms with E-state index in [1.807, 2.05) is 98.8 Å². The van der Waals surface area contributed by atoms with E-state index in [1.54, 1.807) is 6.21 Å². The van der Waals surface area contributed by atoms with E-state index in [0.29, 0.717) is 16.3 Å². The molecule has 0 aliphatic heterocycles. The molecule has 170 valence electrons. The average molecular weight is 476 g/mol. The fourth-order valence-electron chi connectivity index (χ4n) is 4.35. The molecule has 0 unspecified atom stereocenters. The number of aromatic nitrogens is 1. The fourth-order valence-corrected chi connectivity index (χ4v) is 4.53. The van der Waals surface area contributed by atoms with E-state index in [1.165, 1.54) is 0 Å². The zero-order chi connectivity index (χ0) is 24.4. The summed E-state index contributed by atoms with van der Waals surface area (Å²) in [6, 6.07) is 31.7. The molecule has 0 atom stereocenters. The van der Waals surface area contributed by atoms with Crippen molar-refractivity contribution < 1.29 is 4.42 Å². The molecule has 0 fully saturated rings. The Labute approximate surface area is 209 Å². The molecule has 5 aromatic rings. The minimum absolute atomic E-state index is 0.290. The first-order chi connectivity index (χ1) is 17.1. The average Bonchev–Trinajstić information content (AvgIpc) is 3.39. The molecule has 0 aliphatic rings. The maximum Gasteiger partial charge on any atom is 0.238 e. The minimum atomic E-state index is 0.290. The van der Waals surface area contributed by atoms with Crippen LogP contribution in [0.2, 0.25) is 5.02 Å². The lowest BCUT2D eigenvalue weighted by atomic mass is 9.98. The summed E-state index contributed by atoms with van der Waals surface area (Å²) in [4.78, 5) is 4.65. The Balaban J connectivity index is 1.62. The SMILES string of the molecule is Cc1cc(C=Nc2oc(-c3ccccc3)c(-c3ccccc3)c2C#N)c(C)n1-c1cccc(Cl)c1. The van der Waals surface area contributed by atoms with E-state index < -0.39 is 0 Å². The molecule has 0 bridgehead atoms. The third kappa shape index (κ3) is 4.30. The Hall–Kier alpha value is -4.33. The Bertz CT molecular complexity index is 1570. The number of nitrogens with zero attached hydrogens (tertiary/aromatic N) is 3. The van der Waals surface area contributed by atoms with Crippen molar-refractivity contribution in [2.45, 2.75) is 13.8 Å². The summed E-state index contributed by atoms with van der Waals surface area (Å²) in [6.07, 6.45) is 1.76. The molecule has 0 spiro atoms. The van der Waals surface area contributed by atoms with Crippen LogP contribution in [0.4, 0.5) is 5.88 Å². The van der Waals surface area contributed by atoms with Gasteiger partial charge in [-0.2, -0.15) is 5.26 Å². The molecule has 0 radical (unpaired) electrons. The Morgan fingerprint density at radius 1 is 0.886 bits per heavy atom. The monoisotopic (exact) mass is 475 g/mol. The number of hydrogen-bond donors (Lipinski definition) is 0. The van der Waals surface area contributed by atoms with Gasteiger partial charge in [-0.05, 0) is 43.7 Å². The van der Waals surface area contributed by atoms with Gasteiger partial charge in [-0.1, -0.05) is 78.3 Å². The number of aliphatic imine (C=N–C) groups is 1. The number of benzene rings is 3. The van der Waals surface area contributed by atoms with Gasteiger partial charge in [0.1, 0.15) is 17.4 Å². The van der Waals surface area contributed by atoms with Crippen LogP contribution in [0.15, 0.2) is 100 Å². The smallest absolute Gasteiger partial charge is 0.238 e. The van der Waals surface area contributed by atoms with Gasteiger partial charge in [0, 0.05) is 45.0 Å². The third-order valence-electron chi connectivity index (χ3n) is 5.96. The molecular formula is C30H22ClN3O. The van der Waals surface area contributed by atoms with Crippen LogP contribution in [-0.2, 0) is 0 Å². The van der Waals surface area contributed by atoms with Crippen molar-refractivity contribution in [3.05, 3.63) is 119 Å². The van der Waals surface area contributed by atoms with Crippen molar-refractivity contribution >= 4 is 23.7 Å². The summed E-state index contributed by atoms with van der Waals surface area (Å²) in [7, 11) is 0. The zero-order valence-electron chi connectivity index (χ0n) is 19.4. The van der Waals surface area contributed by atoms with E-state index in [0.717, 1.165) is 39.3 Å². The van der Waals surface area contributed by atoms with Crippen molar-refractivity contribution in [1.82, 2.24) is 4.57 Å². The van der Waals surface area contributed by atoms with Crippen LogP contribution in [0.5, 0.6) is 0 Å². The highest BCUT2D eigenvalue weighted by atomic mass is 35.5. The lowest BCUT2D eigenvalue weighted by molar-refractivity contribution is 0.593. The summed E-state index contributed by atoms with van der Waals surface area (Å²) in [6.45, 7) is 4.08. The summed E-state index contributed by atoms with van der Waals surface area (Å²) in [5.41, 5.74) is 6.96. The fraction of sp³-hybridized carbons (Fsp3) is 0.0667. The van der Waals surface area contributed by atoms with Crippen molar-refractivity contribution in [3.63, 3.8) is 0 Å². The lowest BCUT2D eigenvalue weighted by Crippen LogP contribution is -1.99. The zero-order valence-corrected chi connectivity index (χ0v) is 20.1. The van der Waals surface area contributed by atoms with Crippen molar-refractivity contribution in [2.75, 3.05) is 0 Å². The van der Waals surface area contributed by atoms with E-state index in [9.17, 15) is 5.26 Å². The Morgan fingerprint density at radius 3 is 2.23 bits per heavy atom. The van der Waals surface area contributed by atoms with Crippen LogP contribution in [0.25, 0.3) is 28.1 Å². The van der Waals surface area contributed by atoms with E-state index in [-0.39, 0.29) is 5.88 Å². The first-order valence-electron chi connectivity index (χ1n) is 11.2. The highest BCUT2D eigenvalue weighted by Crippen LogP contribution is 2.42. The van der Waals surface area contributed by atoms with Gasteiger partial charge in [-0.25, -0.2) is 4.99 Å². The molecule has 4 nitrogen and oxygen atoms in total. The maximum absolute atomic E-state index is 10.1. The second-order valence-electron chi connectivity index (χ2n) is 8.23. The normalized spacial score (nSPS) is 11.1. The van der Waals surface area contributed by atoms with Crippen LogP contribution in [0.1, 0.15) is 22.5 Å². The molecule has 0 amide bonds. The molecule has 0 aliphatic carbocycles. The van der Waals surface area contributed by atoms with Gasteiger partial charge in [-0.3, -0.25) is 0 Å². The van der Waals surface area contributed by atoms with Gasteiger partial charge in [-0.15, -0.1) is 0 Å². The van der Waals surface area contributed by atoms with Crippen LogP contribution >= 0.6 is 11.6 Å². The molecule has 5 heteroatoms. The first-order valence-corrected chi connectivity index (χ1v) is 11.6. The first kappa shape index (κ1) is 22.5. The molecule has 0 N–H and O–H groups in total. The predicted molar refractivity (Wildman–Crippen MR) is 142 cm³/mol. The van der Waals surface area contributed by atoms with E-state index in [2.05, 4.69) is 21.7 Å². The molecule has 5 rings (SSSR count). The van der Waals surface area contributed by atoms with Gasteiger partial charge in [0.05, 0.1) is 0 Å². The quantitative estimate of drug-likeness (QED) is 0.240. The number of nitriles is 1. The summed E-state index contributed by atoms with van der Waals surface area (Å²) in [5.74, 6) is 0.919. The Kier molecular flexibility index (Phi) is 6.10. The van der Waals surface area contributed by atoms with Crippen molar-refractivity contribution in [2.24, 2.45) is 4.99 Å². The summed E-state index contributed by atoms with van der Waals surface area (Å²) in [5, 5.41) is 10.8. The van der Waals surface area contributed by atoms with Gasteiger partial charge >= 0.3 is 0 Å². The maximum atomic E-state index is 10.1. The molecule has 2 aromatic heterocycles. The minimum Gasteiger partial charge on any atom is -0.436 e. The highest BCUT2D eigenvalue weighted by molar-refractivity contribution is 6.30. The second kappa shape index (κ2) is 9.50. The Morgan fingerprint density at radius 2 is 1.57 bits per heavy atom. The van der Waals surface area contributed by atoms with Gasteiger partial charge in [0.25, 0.3) is 0 Å². The number of hydrogen-bond acceptors (Lipinski definition) is 3. The largest absolute Gasteiger partial charge is 0.436 e. The molecule has 35 heavy (non-hydrogen) atoms. The van der Waals surface area contributed by atoms with Crippen LogP contribution in [0.3, 0.4) is 0 Å². The van der Waals surface area contributed by atoms with Crippen LogP contribution in [-0.4, -0.2) is 10.8 Å². The van der Waals surface area contributed by atoms with Crippen molar-refractivity contribution in [3.8, 4) is 34.2 Å². The number of aryl methyl sites for hydroxylation is 1. The van der Waals surface area contributed by atoms with Crippen LogP contribution in [0, 0.1) is 25.2 Å². The second-order valence-corrected chi connectivity index (χ2v) is 8.67.